The Kier molecular flexibility index (Phi) is 4.41. The van der Waals surface area contributed by atoms with Crippen LogP contribution in [0, 0.1) is 0 Å². The van der Waals surface area contributed by atoms with Crippen molar-refractivity contribution in [2.45, 2.75) is 12.5 Å². The summed E-state index contributed by atoms with van der Waals surface area (Å²) in [6, 6.07) is 4.45. The molecule has 2 aliphatic rings. The molecule has 0 radical (unpaired) electrons. The molecule has 0 saturated carbocycles. The van der Waals surface area contributed by atoms with Gasteiger partial charge in [-0.2, -0.15) is 0 Å². The molecule has 1 aromatic rings. The average molecular weight is 342 g/mol. The van der Waals surface area contributed by atoms with Crippen molar-refractivity contribution in [2.75, 3.05) is 38.1 Å². The molecule has 118 valence electrons. The minimum absolute atomic E-state index is 0.173. The van der Waals surface area contributed by atoms with Crippen LogP contribution >= 0.6 is 23.2 Å². The summed E-state index contributed by atoms with van der Waals surface area (Å²) >= 11 is 11.9. The summed E-state index contributed by atoms with van der Waals surface area (Å²) in [6.07, 6.45) is 0.225. The normalized spacial score (nSPS) is 24.3. The second-order valence-corrected chi connectivity index (χ2v) is 6.54. The van der Waals surface area contributed by atoms with E-state index < -0.39 is 0 Å². The maximum absolute atomic E-state index is 12.7. The lowest BCUT2D eigenvalue weighted by atomic mass is 10.2. The van der Waals surface area contributed by atoms with Crippen LogP contribution in [0.5, 0.6) is 0 Å². The van der Waals surface area contributed by atoms with Gasteiger partial charge in [0.1, 0.15) is 0 Å². The van der Waals surface area contributed by atoms with E-state index in [1.807, 2.05) is 0 Å². The summed E-state index contributed by atoms with van der Waals surface area (Å²) in [7, 11) is 2.06. The highest BCUT2D eigenvalue weighted by Gasteiger charge is 2.43. The number of benzene rings is 1. The Morgan fingerprint density at radius 1 is 1.05 bits per heavy atom. The molecule has 3 rings (SSSR count). The molecule has 2 saturated heterocycles. The van der Waals surface area contributed by atoms with E-state index in [4.69, 9.17) is 23.2 Å². The van der Waals surface area contributed by atoms with E-state index in [1.54, 1.807) is 18.2 Å². The molecule has 0 aliphatic carbocycles. The fourth-order valence-corrected chi connectivity index (χ4v) is 3.22. The van der Waals surface area contributed by atoms with Crippen LogP contribution in [0.2, 0.25) is 10.0 Å². The molecule has 7 heteroatoms. The molecular weight excluding hydrogens is 325 g/mol. The van der Waals surface area contributed by atoms with Gasteiger partial charge in [-0.1, -0.05) is 23.2 Å². The molecule has 0 N–H and O–H groups in total. The fraction of sp³-hybridized carbons (Fsp3) is 0.467. The van der Waals surface area contributed by atoms with Gasteiger partial charge in [0.05, 0.1) is 28.2 Å². The fourth-order valence-electron chi connectivity index (χ4n) is 2.93. The molecule has 0 bridgehead atoms. The molecule has 5 nitrogen and oxygen atoms in total. The Hall–Kier alpha value is -1.14. The predicted molar refractivity (Wildman–Crippen MR) is 86.4 cm³/mol. The highest BCUT2D eigenvalue weighted by Crippen LogP contribution is 2.31. The third kappa shape index (κ3) is 2.86. The van der Waals surface area contributed by atoms with Crippen molar-refractivity contribution in [1.82, 2.24) is 9.80 Å². The number of hydrogen-bond donors (Lipinski definition) is 0. The second-order valence-electron chi connectivity index (χ2n) is 5.72. The Morgan fingerprint density at radius 2 is 1.73 bits per heavy atom. The van der Waals surface area contributed by atoms with Gasteiger partial charge in [-0.25, -0.2) is 4.90 Å². The zero-order chi connectivity index (χ0) is 15.9. The van der Waals surface area contributed by atoms with E-state index in [-0.39, 0.29) is 24.3 Å². The number of carbonyl (C=O) groups is 2. The van der Waals surface area contributed by atoms with Crippen LogP contribution in [0.25, 0.3) is 0 Å². The van der Waals surface area contributed by atoms with Crippen LogP contribution in [0.3, 0.4) is 0 Å². The quantitative estimate of drug-likeness (QED) is 0.770. The summed E-state index contributed by atoms with van der Waals surface area (Å²) in [6.45, 7) is 3.42. The van der Waals surface area contributed by atoms with E-state index >= 15 is 0 Å². The highest BCUT2D eigenvalue weighted by molar-refractivity contribution is 6.42. The minimum atomic E-state index is -0.365. The van der Waals surface area contributed by atoms with Crippen molar-refractivity contribution in [2.24, 2.45) is 0 Å². The molecule has 1 aromatic carbocycles. The van der Waals surface area contributed by atoms with E-state index in [2.05, 4.69) is 16.8 Å². The average Bonchev–Trinajstić information content (AvgIpc) is 2.78. The predicted octanol–water partition coefficient (Wildman–Crippen LogP) is 1.87. The maximum atomic E-state index is 12.7. The number of imide groups is 1. The Balaban J connectivity index is 1.80. The van der Waals surface area contributed by atoms with Crippen molar-refractivity contribution in [1.29, 1.82) is 0 Å². The minimum Gasteiger partial charge on any atom is -0.304 e. The van der Waals surface area contributed by atoms with Gasteiger partial charge in [-0.05, 0) is 25.2 Å². The number of halogens is 2. The van der Waals surface area contributed by atoms with Crippen molar-refractivity contribution in [3.8, 4) is 0 Å². The zero-order valence-electron chi connectivity index (χ0n) is 12.3. The van der Waals surface area contributed by atoms with Crippen LogP contribution in [-0.4, -0.2) is 60.9 Å². The van der Waals surface area contributed by atoms with Crippen molar-refractivity contribution in [3.63, 3.8) is 0 Å². The Labute approximate surface area is 139 Å². The van der Waals surface area contributed by atoms with Gasteiger partial charge in [-0.3, -0.25) is 14.5 Å². The topological polar surface area (TPSA) is 43.9 Å². The van der Waals surface area contributed by atoms with Gasteiger partial charge in [0, 0.05) is 26.2 Å². The SMILES string of the molecule is CN1CCN([C@@H]2CC(=O)N(c3ccc(Cl)c(Cl)c3)C2=O)CC1. The maximum Gasteiger partial charge on any atom is 0.251 e. The van der Waals surface area contributed by atoms with E-state index in [9.17, 15) is 9.59 Å². The molecule has 0 spiro atoms. The van der Waals surface area contributed by atoms with Gasteiger partial charge in [0.2, 0.25) is 5.91 Å². The van der Waals surface area contributed by atoms with Crippen molar-refractivity contribution in [3.05, 3.63) is 28.2 Å². The summed E-state index contributed by atoms with van der Waals surface area (Å²) in [5.41, 5.74) is 0.487. The van der Waals surface area contributed by atoms with E-state index in [0.717, 1.165) is 26.2 Å². The summed E-state index contributed by atoms with van der Waals surface area (Å²) in [5.74, 6) is -0.361. The molecule has 22 heavy (non-hydrogen) atoms. The van der Waals surface area contributed by atoms with Crippen molar-refractivity contribution >= 4 is 40.7 Å². The Morgan fingerprint density at radius 3 is 2.36 bits per heavy atom. The highest BCUT2D eigenvalue weighted by atomic mass is 35.5. The first kappa shape index (κ1) is 15.7. The van der Waals surface area contributed by atoms with Crippen LogP contribution in [0.1, 0.15) is 6.42 Å². The number of piperazine rings is 1. The van der Waals surface area contributed by atoms with Gasteiger partial charge in [-0.15, -0.1) is 0 Å². The number of carbonyl (C=O) groups excluding carboxylic acids is 2. The van der Waals surface area contributed by atoms with Gasteiger partial charge in [0.25, 0.3) is 5.91 Å². The van der Waals surface area contributed by atoms with Gasteiger partial charge in [0.15, 0.2) is 0 Å². The van der Waals surface area contributed by atoms with Crippen LogP contribution < -0.4 is 4.90 Å². The summed E-state index contributed by atoms with van der Waals surface area (Å²) in [5, 5.41) is 0.739. The third-order valence-electron chi connectivity index (χ3n) is 4.26. The third-order valence-corrected chi connectivity index (χ3v) is 5.00. The van der Waals surface area contributed by atoms with Crippen LogP contribution in [0.4, 0.5) is 5.69 Å². The number of hydrogen-bond acceptors (Lipinski definition) is 4. The smallest absolute Gasteiger partial charge is 0.251 e. The first-order chi connectivity index (χ1) is 10.5. The number of anilines is 1. The van der Waals surface area contributed by atoms with Gasteiger partial charge < -0.3 is 4.90 Å². The van der Waals surface area contributed by atoms with Crippen molar-refractivity contribution < 1.29 is 9.59 Å². The molecule has 0 unspecified atom stereocenters. The van der Waals surface area contributed by atoms with E-state index in [1.165, 1.54) is 4.90 Å². The first-order valence-corrected chi connectivity index (χ1v) is 7.97. The zero-order valence-corrected chi connectivity index (χ0v) is 13.8. The molecular formula is C15H17Cl2N3O2. The molecule has 0 aromatic heterocycles. The number of amides is 2. The monoisotopic (exact) mass is 341 g/mol. The molecule has 1 atom stereocenters. The lowest BCUT2D eigenvalue weighted by Gasteiger charge is -2.35. The van der Waals surface area contributed by atoms with Gasteiger partial charge >= 0.3 is 0 Å². The lowest BCUT2D eigenvalue weighted by molar-refractivity contribution is -0.123. The molecule has 2 amide bonds. The molecule has 2 aliphatic heterocycles. The van der Waals surface area contributed by atoms with Crippen LogP contribution in [0.15, 0.2) is 18.2 Å². The molecule has 2 heterocycles. The number of nitrogens with zero attached hydrogens (tertiary/aromatic N) is 3. The first-order valence-electron chi connectivity index (χ1n) is 7.22. The largest absolute Gasteiger partial charge is 0.304 e. The number of likely N-dealkylation sites (N-methyl/N-ethyl adjacent to an activating group) is 1. The van der Waals surface area contributed by atoms with E-state index in [0.29, 0.717) is 15.7 Å². The standard InChI is InChI=1S/C15H17Cl2N3O2/c1-18-4-6-19(7-5-18)13-9-14(21)20(15(13)22)10-2-3-11(16)12(17)8-10/h2-3,8,13H,4-7,9H2,1H3/t13-/m1/s1. The van der Waals surface area contributed by atoms with Crippen LogP contribution in [-0.2, 0) is 9.59 Å². The summed E-state index contributed by atoms with van der Waals surface area (Å²) in [4.78, 5) is 30.5. The Bertz CT molecular complexity index is 615. The molecule has 2 fully saturated rings. The lowest BCUT2D eigenvalue weighted by Crippen LogP contribution is -2.51. The second kappa shape index (κ2) is 6.16. The summed E-state index contributed by atoms with van der Waals surface area (Å²) < 4.78 is 0. The number of rotatable bonds is 2.